The third kappa shape index (κ3) is 2.55. The molecule has 0 radical (unpaired) electrons. The Balaban J connectivity index is 1.50. The molecule has 0 aromatic heterocycles. The molecule has 1 amide bonds. The van der Waals surface area contributed by atoms with Crippen LogP contribution in [0.3, 0.4) is 0 Å². The Morgan fingerprint density at radius 3 is 2.95 bits per heavy atom. The van der Waals surface area contributed by atoms with Crippen molar-refractivity contribution < 1.29 is 9.53 Å². The maximum Gasteiger partial charge on any atom is 0.240 e. The van der Waals surface area contributed by atoms with Gasteiger partial charge in [0.2, 0.25) is 5.91 Å². The first-order chi connectivity index (χ1) is 9.73. The average molecular weight is 277 g/mol. The van der Waals surface area contributed by atoms with Crippen molar-refractivity contribution in [2.24, 2.45) is 5.41 Å². The van der Waals surface area contributed by atoms with Crippen molar-refractivity contribution in [3.05, 3.63) is 0 Å². The molecule has 5 heteroatoms. The number of carbonyl (C=O) groups is 1. The molecule has 5 nitrogen and oxygen atoms in total. The number of hydrogen-bond donors (Lipinski definition) is 1. The van der Waals surface area contributed by atoms with Crippen LogP contribution in [0.1, 0.15) is 38.5 Å². The Labute approximate surface area is 120 Å². The number of hydrogen-bond acceptors (Lipinski definition) is 4. The van der Waals surface area contributed by atoms with Gasteiger partial charge >= 0.3 is 0 Å². The van der Waals surface area contributed by atoms with Crippen molar-refractivity contribution in [1.29, 1.82) is 5.26 Å². The summed E-state index contributed by atoms with van der Waals surface area (Å²) in [6, 6.07) is 2.82. The zero-order valence-corrected chi connectivity index (χ0v) is 11.9. The summed E-state index contributed by atoms with van der Waals surface area (Å²) in [5.74, 6) is -0.0929. The Bertz CT molecular complexity index is 412. The van der Waals surface area contributed by atoms with Gasteiger partial charge in [0.15, 0.2) is 0 Å². The summed E-state index contributed by atoms with van der Waals surface area (Å²) >= 11 is 0. The predicted molar refractivity (Wildman–Crippen MR) is 73.9 cm³/mol. The second-order valence-corrected chi connectivity index (χ2v) is 6.36. The van der Waals surface area contributed by atoms with E-state index in [1.807, 2.05) is 0 Å². The molecular weight excluding hydrogens is 254 g/mol. The van der Waals surface area contributed by atoms with Crippen LogP contribution in [0.5, 0.6) is 0 Å². The fourth-order valence-electron chi connectivity index (χ4n) is 3.75. The molecule has 3 fully saturated rings. The summed E-state index contributed by atoms with van der Waals surface area (Å²) in [4.78, 5) is 14.7. The largest absolute Gasteiger partial charge is 0.373 e. The number of nitrogens with one attached hydrogen (secondary N) is 1. The number of morpholine rings is 1. The zero-order chi connectivity index (χ0) is 14.0. The molecule has 2 heterocycles. The van der Waals surface area contributed by atoms with E-state index in [9.17, 15) is 10.1 Å². The molecule has 110 valence electrons. The quantitative estimate of drug-likeness (QED) is 0.837. The van der Waals surface area contributed by atoms with Gasteiger partial charge in [-0.05, 0) is 32.2 Å². The second-order valence-electron chi connectivity index (χ2n) is 6.36. The molecule has 1 aliphatic carbocycles. The lowest BCUT2D eigenvalue weighted by Crippen LogP contribution is -2.51. The fourth-order valence-corrected chi connectivity index (χ4v) is 3.75. The topological polar surface area (TPSA) is 65.4 Å². The number of ether oxygens (including phenoxy) is 1. The lowest BCUT2D eigenvalue weighted by molar-refractivity contribution is -0.129. The molecule has 3 aliphatic rings. The maximum atomic E-state index is 12.3. The SMILES string of the molecule is N#CC1(C(=O)NCC2CN3CCCC3CO2)CCCC1. The third-order valence-corrected chi connectivity index (χ3v) is 5.06. The lowest BCUT2D eigenvalue weighted by atomic mass is 9.87. The Morgan fingerprint density at radius 2 is 2.20 bits per heavy atom. The van der Waals surface area contributed by atoms with E-state index in [-0.39, 0.29) is 12.0 Å². The molecule has 2 unspecified atom stereocenters. The number of amides is 1. The standard InChI is InChI=1S/C15H23N3O2/c16-11-15(5-1-2-6-15)14(19)17-8-13-9-18-7-3-4-12(18)10-20-13/h12-13H,1-10H2,(H,17,19). The van der Waals surface area contributed by atoms with Gasteiger partial charge in [0.05, 0.1) is 18.8 Å². The summed E-state index contributed by atoms with van der Waals surface area (Å²) in [6.45, 7) is 3.38. The second kappa shape index (κ2) is 5.71. The number of fused-ring (bicyclic) bond motifs is 1. The highest BCUT2D eigenvalue weighted by molar-refractivity contribution is 5.85. The molecule has 0 bridgehead atoms. The molecule has 20 heavy (non-hydrogen) atoms. The summed E-state index contributed by atoms with van der Waals surface area (Å²) < 4.78 is 5.83. The highest BCUT2D eigenvalue weighted by Gasteiger charge is 2.42. The highest BCUT2D eigenvalue weighted by atomic mass is 16.5. The van der Waals surface area contributed by atoms with Gasteiger partial charge in [-0.25, -0.2) is 0 Å². The minimum atomic E-state index is -0.773. The fraction of sp³-hybridized carbons (Fsp3) is 0.867. The molecule has 1 saturated carbocycles. The molecule has 3 rings (SSSR count). The van der Waals surface area contributed by atoms with Crippen LogP contribution in [0.4, 0.5) is 0 Å². The number of nitrogens with zero attached hydrogens (tertiary/aromatic N) is 2. The van der Waals surface area contributed by atoms with Crippen molar-refractivity contribution in [2.45, 2.75) is 50.7 Å². The number of carbonyl (C=O) groups excluding carboxylic acids is 1. The first-order valence-electron chi connectivity index (χ1n) is 7.79. The average Bonchev–Trinajstić information content (AvgIpc) is 3.13. The van der Waals surface area contributed by atoms with Gasteiger partial charge < -0.3 is 10.1 Å². The van der Waals surface area contributed by atoms with Crippen LogP contribution in [0.25, 0.3) is 0 Å². The van der Waals surface area contributed by atoms with Crippen LogP contribution in [-0.4, -0.2) is 49.2 Å². The molecule has 0 aromatic carbocycles. The van der Waals surface area contributed by atoms with Crippen LogP contribution in [0.15, 0.2) is 0 Å². The van der Waals surface area contributed by atoms with E-state index >= 15 is 0 Å². The van der Waals surface area contributed by atoms with Gasteiger partial charge in [-0.3, -0.25) is 9.69 Å². The number of rotatable bonds is 3. The van der Waals surface area contributed by atoms with E-state index in [1.54, 1.807) is 0 Å². The first-order valence-corrected chi connectivity index (χ1v) is 7.79. The van der Waals surface area contributed by atoms with Crippen molar-refractivity contribution in [3.63, 3.8) is 0 Å². The van der Waals surface area contributed by atoms with E-state index in [0.29, 0.717) is 25.4 Å². The van der Waals surface area contributed by atoms with Gasteiger partial charge in [0.25, 0.3) is 0 Å². The van der Waals surface area contributed by atoms with Crippen LogP contribution < -0.4 is 5.32 Å². The van der Waals surface area contributed by atoms with E-state index in [4.69, 9.17) is 4.74 Å². The van der Waals surface area contributed by atoms with E-state index in [1.165, 1.54) is 12.8 Å². The van der Waals surface area contributed by atoms with Crippen LogP contribution in [-0.2, 0) is 9.53 Å². The van der Waals surface area contributed by atoms with Crippen LogP contribution in [0.2, 0.25) is 0 Å². The molecule has 2 saturated heterocycles. The zero-order valence-electron chi connectivity index (χ0n) is 11.9. The molecule has 0 spiro atoms. The molecule has 2 aliphatic heterocycles. The van der Waals surface area contributed by atoms with Crippen molar-refractivity contribution in [2.75, 3.05) is 26.2 Å². The smallest absolute Gasteiger partial charge is 0.240 e. The third-order valence-electron chi connectivity index (χ3n) is 5.06. The van der Waals surface area contributed by atoms with E-state index in [0.717, 1.165) is 32.5 Å². The minimum Gasteiger partial charge on any atom is -0.373 e. The normalized spacial score (nSPS) is 32.5. The summed E-state index contributed by atoms with van der Waals surface area (Å²) in [5.41, 5.74) is -0.773. The summed E-state index contributed by atoms with van der Waals surface area (Å²) in [5, 5.41) is 12.2. The van der Waals surface area contributed by atoms with E-state index in [2.05, 4.69) is 16.3 Å². The summed E-state index contributed by atoms with van der Waals surface area (Å²) in [7, 11) is 0. The van der Waals surface area contributed by atoms with Crippen molar-refractivity contribution >= 4 is 5.91 Å². The molecule has 1 N–H and O–H groups in total. The lowest BCUT2D eigenvalue weighted by Gasteiger charge is -2.35. The Hall–Kier alpha value is -1.12. The summed E-state index contributed by atoms with van der Waals surface area (Å²) in [6.07, 6.45) is 5.93. The monoisotopic (exact) mass is 277 g/mol. The van der Waals surface area contributed by atoms with Crippen LogP contribution in [0, 0.1) is 16.7 Å². The number of nitriles is 1. The van der Waals surface area contributed by atoms with Gasteiger partial charge in [-0.15, -0.1) is 0 Å². The van der Waals surface area contributed by atoms with Crippen LogP contribution >= 0.6 is 0 Å². The Kier molecular flexibility index (Phi) is 3.95. The molecule has 0 aromatic rings. The van der Waals surface area contributed by atoms with Crippen molar-refractivity contribution in [1.82, 2.24) is 10.2 Å². The van der Waals surface area contributed by atoms with Gasteiger partial charge in [0, 0.05) is 19.1 Å². The predicted octanol–water partition coefficient (Wildman–Crippen LogP) is 1.05. The first kappa shape index (κ1) is 13.8. The molecular formula is C15H23N3O2. The van der Waals surface area contributed by atoms with Gasteiger partial charge in [0.1, 0.15) is 5.41 Å². The highest BCUT2D eigenvalue weighted by Crippen LogP contribution is 2.37. The van der Waals surface area contributed by atoms with Crippen molar-refractivity contribution in [3.8, 4) is 6.07 Å². The van der Waals surface area contributed by atoms with E-state index < -0.39 is 5.41 Å². The molecule has 2 atom stereocenters. The maximum absolute atomic E-state index is 12.3. The van der Waals surface area contributed by atoms with Gasteiger partial charge in [-0.1, -0.05) is 12.8 Å². The Morgan fingerprint density at radius 1 is 1.40 bits per heavy atom. The minimum absolute atomic E-state index is 0.0745. The van der Waals surface area contributed by atoms with Gasteiger partial charge in [-0.2, -0.15) is 5.26 Å².